The highest BCUT2D eigenvalue weighted by Crippen LogP contribution is 1.94. The van der Waals surface area contributed by atoms with Crippen molar-refractivity contribution in [3.05, 3.63) is 0 Å². The van der Waals surface area contributed by atoms with Gasteiger partial charge in [-0.1, -0.05) is 0 Å². The van der Waals surface area contributed by atoms with Gasteiger partial charge in [0.15, 0.2) is 0 Å². The largest absolute Gasteiger partial charge is 0.353 e. The Balaban J connectivity index is 2.41. The summed E-state index contributed by atoms with van der Waals surface area (Å²) in [6.07, 6.45) is 0. The standard InChI is InChI=1S/C8H15N3O2/c1-10(2)6-8(13)11-4-3-9-7(12)5-11/h3-6H2,1-2H3,(H,9,12). The first kappa shape index (κ1) is 9.98. The lowest BCUT2D eigenvalue weighted by molar-refractivity contribution is -0.138. The van der Waals surface area contributed by atoms with E-state index >= 15 is 0 Å². The molecule has 1 N–H and O–H groups in total. The Morgan fingerprint density at radius 1 is 1.62 bits per heavy atom. The van der Waals surface area contributed by atoms with Crippen molar-refractivity contribution >= 4 is 11.8 Å². The summed E-state index contributed by atoms with van der Waals surface area (Å²) in [6.45, 7) is 1.76. The van der Waals surface area contributed by atoms with Crippen LogP contribution in [-0.4, -0.2) is 61.9 Å². The molecule has 13 heavy (non-hydrogen) atoms. The van der Waals surface area contributed by atoms with Crippen LogP contribution in [0.1, 0.15) is 0 Å². The van der Waals surface area contributed by atoms with Gasteiger partial charge in [-0.15, -0.1) is 0 Å². The lowest BCUT2D eigenvalue weighted by Gasteiger charge is -2.27. The van der Waals surface area contributed by atoms with Crippen LogP contribution in [0.25, 0.3) is 0 Å². The van der Waals surface area contributed by atoms with E-state index in [4.69, 9.17) is 0 Å². The Morgan fingerprint density at radius 2 is 2.31 bits per heavy atom. The van der Waals surface area contributed by atoms with Crippen LogP contribution in [0.15, 0.2) is 0 Å². The van der Waals surface area contributed by atoms with E-state index in [1.54, 1.807) is 9.80 Å². The molecule has 1 heterocycles. The summed E-state index contributed by atoms with van der Waals surface area (Å²) in [7, 11) is 3.67. The smallest absolute Gasteiger partial charge is 0.239 e. The molecule has 0 spiro atoms. The molecule has 0 aliphatic carbocycles. The molecular weight excluding hydrogens is 170 g/mol. The predicted molar refractivity (Wildman–Crippen MR) is 48.1 cm³/mol. The maximum atomic E-state index is 11.5. The zero-order valence-corrected chi connectivity index (χ0v) is 8.04. The molecule has 0 unspecified atom stereocenters. The Labute approximate surface area is 77.7 Å². The molecule has 0 atom stereocenters. The van der Waals surface area contributed by atoms with Gasteiger partial charge in [0.2, 0.25) is 11.8 Å². The number of nitrogens with one attached hydrogen (secondary N) is 1. The molecule has 0 bridgehead atoms. The topological polar surface area (TPSA) is 52.7 Å². The number of likely N-dealkylation sites (N-methyl/N-ethyl adjacent to an activating group) is 1. The summed E-state index contributed by atoms with van der Waals surface area (Å²) in [5, 5.41) is 2.67. The highest BCUT2D eigenvalue weighted by molar-refractivity contribution is 5.86. The van der Waals surface area contributed by atoms with Crippen LogP contribution in [0.3, 0.4) is 0 Å². The highest BCUT2D eigenvalue weighted by atomic mass is 16.2. The first-order valence-corrected chi connectivity index (χ1v) is 4.29. The summed E-state index contributed by atoms with van der Waals surface area (Å²) < 4.78 is 0. The molecule has 1 rings (SSSR count). The fourth-order valence-corrected chi connectivity index (χ4v) is 1.22. The molecule has 74 valence electrons. The molecule has 1 aliphatic heterocycles. The van der Waals surface area contributed by atoms with Gasteiger partial charge < -0.3 is 15.1 Å². The Kier molecular flexibility index (Phi) is 3.25. The predicted octanol–water partition coefficient (Wildman–Crippen LogP) is -1.49. The Morgan fingerprint density at radius 3 is 2.85 bits per heavy atom. The Hall–Kier alpha value is -1.10. The minimum Gasteiger partial charge on any atom is -0.353 e. The SMILES string of the molecule is CN(C)CC(=O)N1CCNC(=O)C1. The normalized spacial score (nSPS) is 17.5. The van der Waals surface area contributed by atoms with Gasteiger partial charge in [-0.2, -0.15) is 0 Å². The summed E-state index contributed by atoms with van der Waals surface area (Å²) in [4.78, 5) is 25.8. The van der Waals surface area contributed by atoms with Crippen molar-refractivity contribution < 1.29 is 9.59 Å². The molecular formula is C8H15N3O2. The number of hydrogen-bond acceptors (Lipinski definition) is 3. The summed E-state index contributed by atoms with van der Waals surface area (Å²) in [6, 6.07) is 0. The molecule has 5 nitrogen and oxygen atoms in total. The summed E-state index contributed by atoms with van der Waals surface area (Å²) >= 11 is 0. The monoisotopic (exact) mass is 185 g/mol. The summed E-state index contributed by atoms with van der Waals surface area (Å²) in [5.41, 5.74) is 0. The number of nitrogens with zero attached hydrogens (tertiary/aromatic N) is 2. The molecule has 0 aromatic carbocycles. The maximum Gasteiger partial charge on any atom is 0.239 e. The average molecular weight is 185 g/mol. The Bertz CT molecular complexity index is 215. The number of piperazine rings is 1. The third-order valence-corrected chi connectivity index (χ3v) is 1.84. The highest BCUT2D eigenvalue weighted by Gasteiger charge is 2.20. The van der Waals surface area contributed by atoms with E-state index in [1.807, 2.05) is 14.1 Å². The van der Waals surface area contributed by atoms with E-state index in [0.29, 0.717) is 19.6 Å². The molecule has 2 amide bonds. The van der Waals surface area contributed by atoms with E-state index in [-0.39, 0.29) is 18.4 Å². The first-order chi connectivity index (χ1) is 6.09. The van der Waals surface area contributed by atoms with Gasteiger partial charge in [-0.3, -0.25) is 9.59 Å². The third kappa shape index (κ3) is 3.02. The van der Waals surface area contributed by atoms with Crippen LogP contribution in [0, 0.1) is 0 Å². The second kappa shape index (κ2) is 4.23. The van der Waals surface area contributed by atoms with Gasteiger partial charge in [0.25, 0.3) is 0 Å². The van der Waals surface area contributed by atoms with Crippen molar-refractivity contribution in [2.45, 2.75) is 0 Å². The maximum absolute atomic E-state index is 11.5. The molecule has 0 radical (unpaired) electrons. The quantitative estimate of drug-likeness (QED) is 0.570. The third-order valence-electron chi connectivity index (χ3n) is 1.84. The molecule has 1 aliphatic rings. The molecule has 1 saturated heterocycles. The summed E-state index contributed by atoms with van der Waals surface area (Å²) in [5.74, 6) is -0.0572. The van der Waals surface area contributed by atoms with Crippen LogP contribution < -0.4 is 5.32 Å². The van der Waals surface area contributed by atoms with Gasteiger partial charge in [-0.05, 0) is 14.1 Å². The second-order valence-corrected chi connectivity index (χ2v) is 3.40. The number of hydrogen-bond donors (Lipinski definition) is 1. The van der Waals surface area contributed by atoms with Gasteiger partial charge in [0.1, 0.15) is 0 Å². The zero-order valence-electron chi connectivity index (χ0n) is 8.04. The van der Waals surface area contributed by atoms with Gasteiger partial charge >= 0.3 is 0 Å². The fourth-order valence-electron chi connectivity index (χ4n) is 1.22. The van der Waals surface area contributed by atoms with Gasteiger partial charge in [-0.25, -0.2) is 0 Å². The zero-order chi connectivity index (χ0) is 9.84. The lowest BCUT2D eigenvalue weighted by Crippen LogP contribution is -2.51. The van der Waals surface area contributed by atoms with E-state index < -0.39 is 0 Å². The molecule has 0 saturated carbocycles. The van der Waals surface area contributed by atoms with Gasteiger partial charge in [0, 0.05) is 13.1 Å². The number of carbonyl (C=O) groups excluding carboxylic acids is 2. The number of carbonyl (C=O) groups is 2. The van der Waals surface area contributed by atoms with Gasteiger partial charge in [0.05, 0.1) is 13.1 Å². The van der Waals surface area contributed by atoms with Crippen LogP contribution in [0.2, 0.25) is 0 Å². The van der Waals surface area contributed by atoms with Crippen molar-refractivity contribution in [2.24, 2.45) is 0 Å². The molecule has 0 aromatic heterocycles. The van der Waals surface area contributed by atoms with E-state index in [0.717, 1.165) is 0 Å². The van der Waals surface area contributed by atoms with E-state index in [2.05, 4.69) is 5.32 Å². The van der Waals surface area contributed by atoms with Crippen molar-refractivity contribution in [1.29, 1.82) is 0 Å². The molecule has 0 aromatic rings. The van der Waals surface area contributed by atoms with Crippen molar-refractivity contribution in [3.8, 4) is 0 Å². The minimum atomic E-state index is -0.0710. The van der Waals surface area contributed by atoms with Crippen LogP contribution in [0.5, 0.6) is 0 Å². The van der Waals surface area contributed by atoms with E-state index in [9.17, 15) is 9.59 Å². The fraction of sp³-hybridized carbons (Fsp3) is 0.750. The lowest BCUT2D eigenvalue weighted by atomic mass is 10.3. The van der Waals surface area contributed by atoms with Crippen LogP contribution in [0.4, 0.5) is 0 Å². The minimum absolute atomic E-state index is 0.0138. The van der Waals surface area contributed by atoms with Crippen LogP contribution in [-0.2, 0) is 9.59 Å². The molecule has 5 heteroatoms. The van der Waals surface area contributed by atoms with Crippen LogP contribution >= 0.6 is 0 Å². The number of amides is 2. The molecule has 1 fully saturated rings. The van der Waals surface area contributed by atoms with Crippen molar-refractivity contribution in [1.82, 2.24) is 15.1 Å². The van der Waals surface area contributed by atoms with Crippen molar-refractivity contribution in [2.75, 3.05) is 40.3 Å². The van der Waals surface area contributed by atoms with Crippen molar-refractivity contribution in [3.63, 3.8) is 0 Å². The second-order valence-electron chi connectivity index (χ2n) is 3.40. The first-order valence-electron chi connectivity index (χ1n) is 4.29. The number of rotatable bonds is 2. The average Bonchev–Trinajstić information content (AvgIpc) is 2.03. The van der Waals surface area contributed by atoms with E-state index in [1.165, 1.54) is 0 Å².